The van der Waals surface area contributed by atoms with Crippen molar-refractivity contribution in [2.45, 2.75) is 6.92 Å². The Kier molecular flexibility index (Phi) is 7.98. The van der Waals surface area contributed by atoms with Gasteiger partial charge in [-0.2, -0.15) is 0 Å². The molecule has 8 heteroatoms. The van der Waals surface area contributed by atoms with Crippen molar-refractivity contribution >= 4 is 26.5 Å². The Hall–Kier alpha value is -3.75. The zero-order valence-corrected chi connectivity index (χ0v) is 20.8. The molecule has 0 fully saturated rings. The number of hydrogen-bond donors (Lipinski definition) is 0. The lowest BCUT2D eigenvalue weighted by Crippen LogP contribution is -2.77. The van der Waals surface area contributed by atoms with Crippen LogP contribution in [0.15, 0.2) is 91.0 Å². The Morgan fingerprint density at radius 3 is 1.09 bits per heavy atom. The summed E-state index contributed by atoms with van der Waals surface area (Å²) in [5.74, 6) is -1.04. The van der Waals surface area contributed by atoms with Crippen LogP contribution >= 0.6 is 0 Å². The lowest BCUT2D eigenvalue weighted by Gasteiger charge is -2.47. The summed E-state index contributed by atoms with van der Waals surface area (Å²) in [6.45, 7) is 1.97. The van der Waals surface area contributed by atoms with Crippen molar-refractivity contribution in [3.8, 4) is 0 Å². The van der Waals surface area contributed by atoms with Crippen LogP contribution in [0, 0.1) is 0 Å². The molecule has 34 heavy (non-hydrogen) atoms. The topological polar surface area (TPSA) is 70.2 Å². The van der Waals surface area contributed by atoms with Gasteiger partial charge in [-0.15, -0.1) is 0 Å². The quantitative estimate of drug-likeness (QED) is 0.465. The minimum Gasteiger partial charge on any atom is -0.367 e. The van der Waals surface area contributed by atoms with Gasteiger partial charge in [-0.05, 0) is 43.3 Å². The third kappa shape index (κ3) is 4.78. The van der Waals surface area contributed by atoms with Crippen LogP contribution in [0.5, 0.6) is 0 Å². The second kappa shape index (κ2) is 10.9. The van der Waals surface area contributed by atoms with Crippen LogP contribution in [0.4, 0.5) is 0 Å². The van der Waals surface area contributed by atoms with Crippen molar-refractivity contribution in [2.24, 2.45) is 0 Å². The van der Waals surface area contributed by atoms with Crippen LogP contribution in [0.2, 0.25) is 0 Å². The number of carbonyl (C=O) groups excluding carboxylic acids is 3. The summed E-state index contributed by atoms with van der Waals surface area (Å²) in [6.07, 6.45) is 0. The molecule has 0 spiro atoms. The molecule has 0 atom stereocenters. The van der Waals surface area contributed by atoms with E-state index in [1.165, 1.54) is 13.7 Å². The van der Waals surface area contributed by atoms with Gasteiger partial charge >= 0.3 is 8.80 Å². The summed E-state index contributed by atoms with van der Waals surface area (Å²) >= 11 is 0. The molecule has 0 N–H and O–H groups in total. The van der Waals surface area contributed by atoms with Crippen molar-refractivity contribution in [3.63, 3.8) is 0 Å². The molecule has 0 aliphatic rings. The first-order valence-electron chi connectivity index (χ1n) is 11.0. The van der Waals surface area contributed by atoms with Crippen LogP contribution in [-0.2, 0) is 4.43 Å². The molecule has 0 saturated heterocycles. The first-order valence-corrected chi connectivity index (χ1v) is 12.7. The van der Waals surface area contributed by atoms with Crippen molar-refractivity contribution in [1.82, 2.24) is 13.7 Å². The van der Waals surface area contributed by atoms with E-state index >= 15 is 0 Å². The van der Waals surface area contributed by atoms with Gasteiger partial charge in [-0.1, -0.05) is 54.6 Å². The van der Waals surface area contributed by atoms with Gasteiger partial charge in [-0.3, -0.25) is 14.4 Å². The van der Waals surface area contributed by atoms with Gasteiger partial charge in [0.15, 0.2) is 0 Å². The molecular formula is C26H29N3O4Si. The zero-order chi connectivity index (χ0) is 24.7. The van der Waals surface area contributed by atoms with Crippen LogP contribution in [0.3, 0.4) is 0 Å². The third-order valence-electron chi connectivity index (χ3n) is 5.62. The van der Waals surface area contributed by atoms with Crippen LogP contribution < -0.4 is 0 Å². The maximum Gasteiger partial charge on any atom is 0.552 e. The van der Waals surface area contributed by atoms with E-state index in [1.54, 1.807) is 101 Å². The Bertz CT molecular complexity index is 987. The van der Waals surface area contributed by atoms with E-state index in [2.05, 4.69) is 0 Å². The molecule has 3 aromatic rings. The Morgan fingerprint density at radius 1 is 0.588 bits per heavy atom. The summed E-state index contributed by atoms with van der Waals surface area (Å²) < 4.78 is 10.6. The van der Waals surface area contributed by atoms with Crippen molar-refractivity contribution in [1.29, 1.82) is 0 Å². The summed E-state index contributed by atoms with van der Waals surface area (Å²) in [5.41, 5.74) is 1.30. The molecule has 3 aromatic carbocycles. The molecule has 3 rings (SSSR count). The summed E-state index contributed by atoms with van der Waals surface area (Å²) in [6, 6.07) is 26.2. The number of amides is 3. The molecule has 0 saturated carbocycles. The van der Waals surface area contributed by atoms with Gasteiger partial charge in [0.05, 0.1) is 0 Å². The van der Waals surface area contributed by atoms with Gasteiger partial charge < -0.3 is 18.1 Å². The number of nitrogens with zero attached hydrogens (tertiary/aromatic N) is 3. The summed E-state index contributed by atoms with van der Waals surface area (Å²) in [7, 11) is 0.860. The Balaban J connectivity index is 2.15. The molecule has 0 radical (unpaired) electrons. The average Bonchev–Trinajstić information content (AvgIpc) is 2.90. The van der Waals surface area contributed by atoms with E-state index in [9.17, 15) is 14.4 Å². The highest BCUT2D eigenvalue weighted by Crippen LogP contribution is 2.25. The molecule has 0 heterocycles. The molecule has 0 bridgehead atoms. The van der Waals surface area contributed by atoms with Gasteiger partial charge in [0.25, 0.3) is 0 Å². The van der Waals surface area contributed by atoms with Crippen LogP contribution in [0.25, 0.3) is 0 Å². The fourth-order valence-corrected chi connectivity index (χ4v) is 7.38. The smallest absolute Gasteiger partial charge is 0.367 e. The predicted molar refractivity (Wildman–Crippen MR) is 133 cm³/mol. The van der Waals surface area contributed by atoms with E-state index in [-0.39, 0.29) is 24.3 Å². The van der Waals surface area contributed by atoms with Crippen molar-refractivity contribution in [2.75, 3.05) is 27.7 Å². The van der Waals surface area contributed by atoms with E-state index in [0.717, 1.165) is 0 Å². The average molecular weight is 476 g/mol. The molecule has 0 aliphatic heterocycles. The SMILES string of the molecule is CCO[Si](N(C)C(=O)c1ccccc1)(N(C)C(=O)c1ccccc1)N(C)C(=O)c1ccccc1. The highest BCUT2D eigenvalue weighted by molar-refractivity contribution is 6.73. The predicted octanol–water partition coefficient (Wildman–Crippen LogP) is 3.78. The van der Waals surface area contributed by atoms with Crippen molar-refractivity contribution < 1.29 is 18.8 Å². The fourth-order valence-electron chi connectivity index (χ4n) is 3.88. The summed E-state index contributed by atoms with van der Waals surface area (Å²) in [5, 5.41) is 0. The number of hydrogen-bond acceptors (Lipinski definition) is 4. The Labute approximate surface area is 201 Å². The zero-order valence-electron chi connectivity index (χ0n) is 19.8. The highest BCUT2D eigenvalue weighted by atomic mass is 28.4. The first kappa shape index (κ1) is 24.9. The van der Waals surface area contributed by atoms with Gasteiger partial charge in [-0.25, -0.2) is 0 Å². The molecule has 7 nitrogen and oxygen atoms in total. The van der Waals surface area contributed by atoms with Crippen LogP contribution in [-0.4, -0.2) is 68.0 Å². The maximum absolute atomic E-state index is 13.6. The molecule has 176 valence electrons. The normalized spacial score (nSPS) is 10.9. The number of carbonyl (C=O) groups is 3. The second-order valence-electron chi connectivity index (χ2n) is 7.70. The minimum absolute atomic E-state index is 0.192. The number of benzene rings is 3. The van der Waals surface area contributed by atoms with Crippen molar-refractivity contribution in [3.05, 3.63) is 108 Å². The molecule has 3 amide bonds. The summed E-state index contributed by atoms with van der Waals surface area (Å²) in [4.78, 5) is 40.8. The first-order chi connectivity index (χ1) is 16.3. The highest BCUT2D eigenvalue weighted by Gasteiger charge is 2.58. The largest absolute Gasteiger partial charge is 0.552 e. The van der Waals surface area contributed by atoms with Gasteiger partial charge in [0.1, 0.15) is 0 Å². The van der Waals surface area contributed by atoms with Crippen LogP contribution in [0.1, 0.15) is 38.0 Å². The van der Waals surface area contributed by atoms with Gasteiger partial charge in [0, 0.05) is 44.4 Å². The molecular weight excluding hydrogens is 446 g/mol. The van der Waals surface area contributed by atoms with Gasteiger partial charge in [0.2, 0.25) is 17.7 Å². The standard InChI is InChI=1S/C26H29N3O4Si/c1-5-33-34(27(2)24(30)21-15-9-6-10-16-21,28(3)25(31)22-17-11-7-12-18-22)29(4)26(32)23-19-13-8-14-20-23/h6-20H,5H2,1-4H3. The molecule has 0 unspecified atom stereocenters. The van der Waals surface area contributed by atoms with E-state index in [0.29, 0.717) is 16.7 Å². The fraction of sp³-hybridized carbons (Fsp3) is 0.192. The van der Waals surface area contributed by atoms with E-state index in [4.69, 9.17) is 4.43 Å². The molecule has 0 aliphatic carbocycles. The molecule has 0 aromatic heterocycles. The monoisotopic (exact) mass is 475 g/mol. The maximum atomic E-state index is 13.6. The van der Waals surface area contributed by atoms with E-state index in [1.807, 2.05) is 18.2 Å². The lowest BCUT2D eigenvalue weighted by molar-refractivity contribution is 0.0622. The number of rotatable bonds is 8. The lowest BCUT2D eigenvalue weighted by atomic mass is 10.2. The Morgan fingerprint density at radius 2 is 0.853 bits per heavy atom. The minimum atomic E-state index is -3.89. The second-order valence-corrected chi connectivity index (χ2v) is 11.1. The third-order valence-corrected chi connectivity index (χ3v) is 9.53. The van der Waals surface area contributed by atoms with E-state index < -0.39 is 8.80 Å².